The van der Waals surface area contributed by atoms with E-state index in [4.69, 9.17) is 0 Å². The fourth-order valence-corrected chi connectivity index (χ4v) is 3.38. The number of fused-ring (bicyclic) bond motifs is 1. The summed E-state index contributed by atoms with van der Waals surface area (Å²) in [5.74, 6) is 0.858. The third-order valence-electron chi connectivity index (χ3n) is 4.71. The van der Waals surface area contributed by atoms with Crippen molar-refractivity contribution in [3.05, 3.63) is 42.1 Å². The lowest BCUT2D eigenvalue weighted by molar-refractivity contribution is 0.281. The third kappa shape index (κ3) is 3.01. The number of aromatic nitrogens is 1. The topological polar surface area (TPSA) is 24.9 Å². The summed E-state index contributed by atoms with van der Waals surface area (Å²) in [6.07, 6.45) is 8.96. The Kier molecular flexibility index (Phi) is 4.31. The number of rotatable bonds is 4. The zero-order chi connectivity index (χ0) is 13.8. The van der Waals surface area contributed by atoms with E-state index in [0.717, 1.165) is 18.0 Å². The van der Waals surface area contributed by atoms with Crippen LogP contribution in [0.15, 0.2) is 36.5 Å². The number of hydrogen-bond donors (Lipinski definition) is 1. The first-order chi connectivity index (χ1) is 9.84. The van der Waals surface area contributed by atoms with Gasteiger partial charge in [0.2, 0.25) is 0 Å². The van der Waals surface area contributed by atoms with Crippen molar-refractivity contribution in [1.29, 1.82) is 0 Å². The van der Waals surface area contributed by atoms with Crippen LogP contribution < -0.4 is 5.32 Å². The Morgan fingerprint density at radius 1 is 1.15 bits per heavy atom. The normalized spacial score (nSPS) is 18.2. The Hall–Kier alpha value is -1.41. The molecular formula is C18H24N2. The highest BCUT2D eigenvalue weighted by atomic mass is 14.9. The third-order valence-corrected chi connectivity index (χ3v) is 4.71. The first-order valence-corrected chi connectivity index (χ1v) is 7.90. The molecular weight excluding hydrogens is 244 g/mol. The Balaban J connectivity index is 1.67. The fraction of sp³-hybridized carbons (Fsp3) is 0.500. The molecule has 1 heterocycles. The van der Waals surface area contributed by atoms with Gasteiger partial charge in [-0.05, 0) is 43.4 Å². The predicted octanol–water partition coefficient (Wildman–Crippen LogP) is 4.29. The van der Waals surface area contributed by atoms with Crippen molar-refractivity contribution in [3.8, 4) is 0 Å². The monoisotopic (exact) mass is 268 g/mol. The molecule has 0 saturated heterocycles. The van der Waals surface area contributed by atoms with E-state index >= 15 is 0 Å². The predicted molar refractivity (Wildman–Crippen MR) is 84.6 cm³/mol. The molecule has 20 heavy (non-hydrogen) atoms. The molecule has 0 amide bonds. The summed E-state index contributed by atoms with van der Waals surface area (Å²) in [5, 5.41) is 5.01. The lowest BCUT2D eigenvalue weighted by Gasteiger charge is -2.28. The van der Waals surface area contributed by atoms with Crippen LogP contribution in [0.2, 0.25) is 0 Å². The van der Waals surface area contributed by atoms with Gasteiger partial charge in [-0.2, -0.15) is 0 Å². The van der Waals surface area contributed by atoms with E-state index in [1.807, 2.05) is 6.20 Å². The number of nitrogens with one attached hydrogen (secondary N) is 1. The lowest BCUT2D eigenvalue weighted by atomic mass is 9.84. The fourth-order valence-electron chi connectivity index (χ4n) is 3.38. The second-order valence-corrected chi connectivity index (χ2v) is 6.05. The molecule has 0 spiro atoms. The number of nitrogens with zero attached hydrogens (tertiary/aromatic N) is 1. The molecule has 2 heteroatoms. The first-order valence-electron chi connectivity index (χ1n) is 7.90. The van der Waals surface area contributed by atoms with Crippen LogP contribution in [-0.2, 0) is 6.54 Å². The van der Waals surface area contributed by atoms with E-state index in [2.05, 4.69) is 47.6 Å². The molecule has 1 atom stereocenters. The van der Waals surface area contributed by atoms with Crippen molar-refractivity contribution in [2.75, 3.05) is 0 Å². The Bertz CT molecular complexity index is 553. The molecule has 2 nitrogen and oxygen atoms in total. The van der Waals surface area contributed by atoms with E-state index in [-0.39, 0.29) is 0 Å². The number of hydrogen-bond acceptors (Lipinski definition) is 2. The molecule has 0 unspecified atom stereocenters. The maximum absolute atomic E-state index is 4.43. The highest BCUT2D eigenvalue weighted by Crippen LogP contribution is 2.26. The minimum Gasteiger partial charge on any atom is -0.310 e. The van der Waals surface area contributed by atoms with Crippen molar-refractivity contribution in [1.82, 2.24) is 10.3 Å². The number of para-hydroxylation sites is 1. The molecule has 106 valence electrons. The van der Waals surface area contributed by atoms with Crippen molar-refractivity contribution < 1.29 is 0 Å². The lowest BCUT2D eigenvalue weighted by Crippen LogP contribution is -2.34. The molecule has 0 bridgehead atoms. The van der Waals surface area contributed by atoms with E-state index in [1.54, 1.807) is 0 Å². The molecule has 1 N–H and O–H groups in total. The molecule has 1 saturated carbocycles. The summed E-state index contributed by atoms with van der Waals surface area (Å²) >= 11 is 0. The average molecular weight is 268 g/mol. The molecule has 0 radical (unpaired) electrons. The molecule has 2 aromatic rings. The second kappa shape index (κ2) is 6.36. The highest BCUT2D eigenvalue weighted by Gasteiger charge is 2.19. The van der Waals surface area contributed by atoms with Gasteiger partial charge in [0.25, 0.3) is 0 Å². The Morgan fingerprint density at radius 3 is 2.80 bits per heavy atom. The van der Waals surface area contributed by atoms with Crippen molar-refractivity contribution in [2.24, 2.45) is 5.92 Å². The molecule has 1 aromatic carbocycles. The SMILES string of the molecule is C[C@@H](NCc1ccnc2ccccc12)C1CCCCC1. The van der Waals surface area contributed by atoms with Crippen molar-refractivity contribution in [3.63, 3.8) is 0 Å². The first kappa shape index (κ1) is 13.6. The van der Waals surface area contributed by atoms with Crippen LogP contribution in [0.25, 0.3) is 10.9 Å². The van der Waals surface area contributed by atoms with Gasteiger partial charge in [-0.25, -0.2) is 0 Å². The quantitative estimate of drug-likeness (QED) is 0.894. The maximum atomic E-state index is 4.43. The van der Waals surface area contributed by atoms with Crippen LogP contribution in [0.5, 0.6) is 0 Å². The van der Waals surface area contributed by atoms with Crippen LogP contribution in [0.4, 0.5) is 0 Å². The molecule has 1 aliphatic carbocycles. The highest BCUT2D eigenvalue weighted by molar-refractivity contribution is 5.81. The smallest absolute Gasteiger partial charge is 0.0705 e. The van der Waals surface area contributed by atoms with E-state index in [9.17, 15) is 0 Å². The van der Waals surface area contributed by atoms with Gasteiger partial charge in [0, 0.05) is 24.2 Å². The molecule has 1 aromatic heterocycles. The summed E-state index contributed by atoms with van der Waals surface area (Å²) in [5.41, 5.74) is 2.45. The average Bonchev–Trinajstić information content (AvgIpc) is 2.53. The van der Waals surface area contributed by atoms with E-state index in [1.165, 1.54) is 43.1 Å². The van der Waals surface area contributed by atoms with Crippen LogP contribution in [0.3, 0.4) is 0 Å². The summed E-state index contributed by atoms with van der Waals surface area (Å²) < 4.78 is 0. The van der Waals surface area contributed by atoms with Gasteiger partial charge in [-0.1, -0.05) is 37.5 Å². The second-order valence-electron chi connectivity index (χ2n) is 6.05. The zero-order valence-corrected chi connectivity index (χ0v) is 12.3. The Morgan fingerprint density at radius 2 is 1.95 bits per heavy atom. The van der Waals surface area contributed by atoms with Gasteiger partial charge >= 0.3 is 0 Å². The maximum Gasteiger partial charge on any atom is 0.0705 e. The van der Waals surface area contributed by atoms with Gasteiger partial charge in [0.1, 0.15) is 0 Å². The number of benzene rings is 1. The van der Waals surface area contributed by atoms with Crippen LogP contribution in [-0.4, -0.2) is 11.0 Å². The minimum absolute atomic E-state index is 0.613. The summed E-state index contributed by atoms with van der Waals surface area (Å²) in [4.78, 5) is 4.43. The van der Waals surface area contributed by atoms with Gasteiger partial charge < -0.3 is 5.32 Å². The van der Waals surface area contributed by atoms with Crippen LogP contribution in [0.1, 0.15) is 44.6 Å². The minimum atomic E-state index is 0.613. The van der Waals surface area contributed by atoms with Crippen molar-refractivity contribution in [2.45, 2.75) is 51.6 Å². The Labute approximate surface area is 121 Å². The van der Waals surface area contributed by atoms with Gasteiger partial charge in [0.05, 0.1) is 5.52 Å². The number of pyridine rings is 1. The van der Waals surface area contributed by atoms with Crippen LogP contribution >= 0.6 is 0 Å². The van der Waals surface area contributed by atoms with Gasteiger partial charge in [-0.3, -0.25) is 4.98 Å². The summed E-state index contributed by atoms with van der Waals surface area (Å²) in [6, 6.07) is 11.2. The summed E-state index contributed by atoms with van der Waals surface area (Å²) in [6.45, 7) is 3.29. The van der Waals surface area contributed by atoms with E-state index in [0.29, 0.717) is 6.04 Å². The molecule has 3 rings (SSSR count). The molecule has 1 fully saturated rings. The summed E-state index contributed by atoms with van der Waals surface area (Å²) in [7, 11) is 0. The molecule has 1 aliphatic rings. The van der Waals surface area contributed by atoms with Gasteiger partial charge in [-0.15, -0.1) is 0 Å². The molecule has 0 aliphatic heterocycles. The van der Waals surface area contributed by atoms with E-state index < -0.39 is 0 Å². The van der Waals surface area contributed by atoms with Gasteiger partial charge in [0.15, 0.2) is 0 Å². The standard InChI is InChI=1S/C18H24N2/c1-14(15-7-3-2-4-8-15)20-13-16-11-12-19-18-10-6-5-9-17(16)18/h5-6,9-12,14-15,20H,2-4,7-8,13H2,1H3/t14-/m1/s1. The van der Waals surface area contributed by atoms with Crippen molar-refractivity contribution >= 4 is 10.9 Å². The largest absolute Gasteiger partial charge is 0.310 e. The zero-order valence-electron chi connectivity index (χ0n) is 12.3. The van der Waals surface area contributed by atoms with Crippen LogP contribution in [0, 0.1) is 5.92 Å².